The summed E-state index contributed by atoms with van der Waals surface area (Å²) < 4.78 is 12.1. The van der Waals surface area contributed by atoms with Gasteiger partial charge in [0.25, 0.3) is 0 Å². The lowest BCUT2D eigenvalue weighted by Gasteiger charge is -2.30. The highest BCUT2D eigenvalue weighted by Gasteiger charge is 2.16. The fourth-order valence-corrected chi connectivity index (χ4v) is 2.10. The Bertz CT molecular complexity index is 286. The molecule has 96 valence electrons. The number of rotatable bonds is 8. The van der Waals surface area contributed by atoms with Crippen molar-refractivity contribution in [2.24, 2.45) is 0 Å². The van der Waals surface area contributed by atoms with E-state index in [2.05, 4.69) is 48.3 Å². The molecule has 0 amide bonds. The zero-order chi connectivity index (χ0) is 12.5. The van der Waals surface area contributed by atoms with Crippen LogP contribution < -0.4 is 5.32 Å². The SMILES string of the molecule is CCN(CC)C(CNCCF)c1ccccc1. The lowest BCUT2D eigenvalue weighted by molar-refractivity contribution is 0.212. The van der Waals surface area contributed by atoms with Crippen molar-refractivity contribution >= 4 is 0 Å². The lowest BCUT2D eigenvalue weighted by atomic mass is 10.1. The summed E-state index contributed by atoms with van der Waals surface area (Å²) in [5.41, 5.74) is 1.29. The van der Waals surface area contributed by atoms with Gasteiger partial charge >= 0.3 is 0 Å². The third kappa shape index (κ3) is 4.44. The molecule has 17 heavy (non-hydrogen) atoms. The fraction of sp³-hybridized carbons (Fsp3) is 0.571. The van der Waals surface area contributed by atoms with Gasteiger partial charge in [-0.25, -0.2) is 4.39 Å². The summed E-state index contributed by atoms with van der Waals surface area (Å²) in [6.07, 6.45) is 0. The van der Waals surface area contributed by atoms with Crippen molar-refractivity contribution in [1.82, 2.24) is 10.2 Å². The Hall–Kier alpha value is -0.930. The number of benzene rings is 1. The van der Waals surface area contributed by atoms with E-state index in [4.69, 9.17) is 0 Å². The van der Waals surface area contributed by atoms with E-state index in [0.717, 1.165) is 19.6 Å². The number of alkyl halides is 1. The molecule has 0 saturated carbocycles. The Morgan fingerprint density at radius 3 is 2.35 bits per heavy atom. The van der Waals surface area contributed by atoms with E-state index < -0.39 is 0 Å². The first-order chi connectivity index (χ1) is 8.33. The van der Waals surface area contributed by atoms with Gasteiger partial charge in [-0.15, -0.1) is 0 Å². The number of nitrogens with one attached hydrogen (secondary N) is 1. The number of hydrogen-bond acceptors (Lipinski definition) is 2. The first kappa shape index (κ1) is 14.1. The van der Waals surface area contributed by atoms with Crippen molar-refractivity contribution in [1.29, 1.82) is 0 Å². The van der Waals surface area contributed by atoms with Gasteiger partial charge in [0, 0.05) is 19.1 Å². The number of likely N-dealkylation sites (N-methyl/N-ethyl adjacent to an activating group) is 1. The Morgan fingerprint density at radius 1 is 1.18 bits per heavy atom. The maximum Gasteiger partial charge on any atom is 0.102 e. The van der Waals surface area contributed by atoms with Crippen LogP contribution >= 0.6 is 0 Å². The molecule has 0 aliphatic carbocycles. The molecule has 3 heteroatoms. The van der Waals surface area contributed by atoms with Gasteiger partial charge in [-0.1, -0.05) is 44.2 Å². The van der Waals surface area contributed by atoms with Crippen LogP contribution in [0, 0.1) is 0 Å². The third-order valence-electron chi connectivity index (χ3n) is 3.05. The van der Waals surface area contributed by atoms with Crippen LogP contribution in [-0.4, -0.2) is 37.8 Å². The molecule has 0 aromatic heterocycles. The molecule has 1 aromatic carbocycles. The van der Waals surface area contributed by atoms with Crippen LogP contribution in [0.5, 0.6) is 0 Å². The Labute approximate surface area is 104 Å². The minimum atomic E-state index is -0.306. The summed E-state index contributed by atoms with van der Waals surface area (Å²) in [5, 5.41) is 3.17. The standard InChI is InChI=1S/C14H23FN2/c1-3-17(4-2)14(12-16-11-10-15)13-8-6-5-7-9-13/h5-9,14,16H,3-4,10-12H2,1-2H3. The van der Waals surface area contributed by atoms with Crippen LogP contribution in [0.15, 0.2) is 30.3 Å². The van der Waals surface area contributed by atoms with E-state index in [1.165, 1.54) is 5.56 Å². The van der Waals surface area contributed by atoms with Gasteiger partial charge in [-0.05, 0) is 18.7 Å². The topological polar surface area (TPSA) is 15.3 Å². The predicted molar refractivity (Wildman–Crippen MR) is 70.9 cm³/mol. The second kappa shape index (κ2) is 8.20. The Balaban J connectivity index is 2.71. The van der Waals surface area contributed by atoms with Crippen LogP contribution in [0.25, 0.3) is 0 Å². The summed E-state index contributed by atoms with van der Waals surface area (Å²) in [5.74, 6) is 0. The molecular formula is C14H23FN2. The summed E-state index contributed by atoms with van der Waals surface area (Å²) in [4.78, 5) is 2.39. The molecule has 0 fully saturated rings. The second-order valence-electron chi connectivity index (χ2n) is 4.04. The van der Waals surface area contributed by atoms with Crippen molar-refractivity contribution in [2.75, 3.05) is 32.9 Å². The van der Waals surface area contributed by atoms with E-state index in [-0.39, 0.29) is 6.67 Å². The summed E-state index contributed by atoms with van der Waals surface area (Å²) in [6.45, 7) is 7.27. The Morgan fingerprint density at radius 2 is 1.82 bits per heavy atom. The van der Waals surface area contributed by atoms with E-state index in [1.54, 1.807) is 0 Å². The molecule has 1 N–H and O–H groups in total. The van der Waals surface area contributed by atoms with Crippen LogP contribution in [0.2, 0.25) is 0 Å². The van der Waals surface area contributed by atoms with Crippen molar-refractivity contribution in [3.05, 3.63) is 35.9 Å². The highest BCUT2D eigenvalue weighted by molar-refractivity contribution is 5.19. The molecular weight excluding hydrogens is 215 g/mol. The molecule has 0 heterocycles. The minimum Gasteiger partial charge on any atom is -0.312 e. The van der Waals surface area contributed by atoms with E-state index in [1.807, 2.05) is 6.07 Å². The van der Waals surface area contributed by atoms with Crippen LogP contribution in [0.3, 0.4) is 0 Å². The van der Waals surface area contributed by atoms with Crippen molar-refractivity contribution < 1.29 is 4.39 Å². The van der Waals surface area contributed by atoms with E-state index in [9.17, 15) is 4.39 Å². The van der Waals surface area contributed by atoms with Gasteiger partial charge in [0.15, 0.2) is 0 Å². The van der Waals surface area contributed by atoms with Crippen LogP contribution in [0.4, 0.5) is 4.39 Å². The highest BCUT2D eigenvalue weighted by Crippen LogP contribution is 2.19. The molecule has 0 aliphatic heterocycles. The summed E-state index contributed by atoms with van der Waals surface area (Å²) >= 11 is 0. The summed E-state index contributed by atoms with van der Waals surface area (Å²) in [7, 11) is 0. The number of hydrogen-bond donors (Lipinski definition) is 1. The van der Waals surface area contributed by atoms with Crippen molar-refractivity contribution in [2.45, 2.75) is 19.9 Å². The van der Waals surface area contributed by atoms with Gasteiger partial charge in [0.2, 0.25) is 0 Å². The smallest absolute Gasteiger partial charge is 0.102 e. The average Bonchev–Trinajstić information content (AvgIpc) is 2.39. The average molecular weight is 238 g/mol. The van der Waals surface area contributed by atoms with Crippen LogP contribution in [-0.2, 0) is 0 Å². The van der Waals surface area contributed by atoms with E-state index >= 15 is 0 Å². The summed E-state index contributed by atoms with van der Waals surface area (Å²) in [6, 6.07) is 10.7. The number of halogens is 1. The van der Waals surface area contributed by atoms with Gasteiger partial charge in [0.1, 0.15) is 6.67 Å². The van der Waals surface area contributed by atoms with Crippen LogP contribution in [0.1, 0.15) is 25.5 Å². The molecule has 0 bridgehead atoms. The van der Waals surface area contributed by atoms with Gasteiger partial charge in [0.05, 0.1) is 0 Å². The lowest BCUT2D eigenvalue weighted by Crippen LogP contribution is -2.36. The second-order valence-corrected chi connectivity index (χ2v) is 4.04. The normalized spacial score (nSPS) is 12.9. The minimum absolute atomic E-state index is 0.306. The first-order valence-corrected chi connectivity index (χ1v) is 6.39. The molecule has 1 atom stereocenters. The largest absolute Gasteiger partial charge is 0.312 e. The predicted octanol–water partition coefficient (Wildman–Crippen LogP) is 2.63. The monoisotopic (exact) mass is 238 g/mol. The Kier molecular flexibility index (Phi) is 6.82. The molecule has 0 saturated heterocycles. The third-order valence-corrected chi connectivity index (χ3v) is 3.05. The highest BCUT2D eigenvalue weighted by atomic mass is 19.1. The van der Waals surface area contributed by atoms with Crippen molar-refractivity contribution in [3.8, 4) is 0 Å². The molecule has 2 nitrogen and oxygen atoms in total. The van der Waals surface area contributed by atoms with Gasteiger partial charge in [-0.3, -0.25) is 4.90 Å². The number of nitrogens with zero attached hydrogens (tertiary/aromatic N) is 1. The van der Waals surface area contributed by atoms with E-state index in [0.29, 0.717) is 12.6 Å². The maximum absolute atomic E-state index is 12.1. The first-order valence-electron chi connectivity index (χ1n) is 6.39. The maximum atomic E-state index is 12.1. The van der Waals surface area contributed by atoms with Gasteiger partial charge < -0.3 is 5.32 Å². The molecule has 1 rings (SSSR count). The zero-order valence-corrected chi connectivity index (χ0v) is 10.8. The molecule has 1 unspecified atom stereocenters. The van der Waals surface area contributed by atoms with Gasteiger partial charge in [-0.2, -0.15) is 0 Å². The zero-order valence-electron chi connectivity index (χ0n) is 10.8. The van der Waals surface area contributed by atoms with Crippen molar-refractivity contribution in [3.63, 3.8) is 0 Å². The molecule has 0 radical (unpaired) electrons. The molecule has 0 aliphatic rings. The fourth-order valence-electron chi connectivity index (χ4n) is 2.10. The quantitative estimate of drug-likeness (QED) is 0.700. The molecule has 1 aromatic rings. The molecule has 0 spiro atoms.